The average Bonchev–Trinajstić information content (AvgIpc) is 3.09. The number of halogens is 1. The lowest BCUT2D eigenvalue weighted by Gasteiger charge is -2.17. The van der Waals surface area contributed by atoms with Crippen LogP contribution in [0.15, 0.2) is 65.8 Å². The minimum atomic E-state index is -0.785. The van der Waals surface area contributed by atoms with E-state index in [0.29, 0.717) is 41.1 Å². The number of rotatable bonds is 6. The average molecular weight is 407 g/mol. The number of benzene rings is 2. The predicted octanol–water partition coefficient (Wildman–Crippen LogP) is 4.06. The Morgan fingerprint density at radius 2 is 1.97 bits per heavy atom. The van der Waals surface area contributed by atoms with Crippen molar-refractivity contribution in [2.75, 3.05) is 6.61 Å². The van der Waals surface area contributed by atoms with E-state index in [9.17, 15) is 14.3 Å². The van der Waals surface area contributed by atoms with E-state index in [1.165, 1.54) is 18.5 Å². The summed E-state index contributed by atoms with van der Waals surface area (Å²) in [4.78, 5) is 19.5. The molecule has 0 bridgehead atoms. The fraction of sp³-hybridized carbons (Fsp3) is 0.217. The minimum Gasteiger partial charge on any atom is -0.493 e. The second-order valence-corrected chi connectivity index (χ2v) is 7.76. The van der Waals surface area contributed by atoms with Crippen molar-refractivity contribution < 1.29 is 14.2 Å². The number of nitrogens with one attached hydrogen (secondary N) is 1. The van der Waals surface area contributed by atoms with E-state index in [1.54, 1.807) is 36.7 Å². The van der Waals surface area contributed by atoms with Gasteiger partial charge in [0.25, 0.3) is 5.56 Å². The number of H-pyrrole nitrogens is 1. The number of aliphatic hydroxyl groups is 1. The molecule has 2 aromatic heterocycles. The van der Waals surface area contributed by atoms with Crippen molar-refractivity contribution in [2.45, 2.75) is 25.9 Å². The lowest BCUT2D eigenvalue weighted by molar-refractivity contribution is 0.0553. The number of fused-ring (bicyclic) bond motifs is 1. The molecule has 2 aromatic carbocycles. The van der Waals surface area contributed by atoms with Crippen LogP contribution in [-0.2, 0) is 0 Å². The van der Waals surface area contributed by atoms with E-state index in [-0.39, 0.29) is 11.4 Å². The van der Waals surface area contributed by atoms with Crippen LogP contribution in [0.5, 0.6) is 5.75 Å². The molecule has 4 rings (SSSR count). The van der Waals surface area contributed by atoms with Crippen LogP contribution in [0.1, 0.15) is 20.3 Å². The molecule has 0 aliphatic carbocycles. The third-order valence-electron chi connectivity index (χ3n) is 4.82. The fourth-order valence-corrected chi connectivity index (χ4v) is 3.26. The number of ether oxygens (including phenoxy) is 1. The molecule has 7 heteroatoms. The van der Waals surface area contributed by atoms with E-state index < -0.39 is 5.60 Å². The van der Waals surface area contributed by atoms with E-state index >= 15 is 0 Å². The number of nitrogens with zero attached hydrogens (tertiary/aromatic N) is 2. The minimum absolute atomic E-state index is 0.268. The molecule has 0 saturated carbocycles. The third-order valence-corrected chi connectivity index (χ3v) is 4.82. The highest BCUT2D eigenvalue weighted by Crippen LogP contribution is 2.30. The van der Waals surface area contributed by atoms with Gasteiger partial charge in [-0.15, -0.1) is 0 Å². The zero-order chi connectivity index (χ0) is 21.3. The molecule has 4 aromatic rings. The van der Waals surface area contributed by atoms with Gasteiger partial charge in [0, 0.05) is 23.9 Å². The Balaban J connectivity index is 1.72. The zero-order valence-electron chi connectivity index (χ0n) is 16.7. The Morgan fingerprint density at radius 3 is 2.67 bits per heavy atom. The summed E-state index contributed by atoms with van der Waals surface area (Å²) in [5.74, 6) is 0.303. The van der Waals surface area contributed by atoms with Crippen LogP contribution in [0, 0.1) is 5.82 Å². The lowest BCUT2D eigenvalue weighted by Crippen LogP contribution is -2.21. The number of aromatic nitrogens is 3. The Hall–Kier alpha value is -3.45. The van der Waals surface area contributed by atoms with Gasteiger partial charge in [0.2, 0.25) is 0 Å². The number of aromatic amines is 1. The van der Waals surface area contributed by atoms with Gasteiger partial charge in [-0.05, 0) is 49.7 Å². The zero-order valence-corrected chi connectivity index (χ0v) is 16.7. The van der Waals surface area contributed by atoms with Crippen LogP contribution in [0.2, 0.25) is 0 Å². The van der Waals surface area contributed by atoms with Gasteiger partial charge in [-0.3, -0.25) is 4.79 Å². The summed E-state index contributed by atoms with van der Waals surface area (Å²) in [6, 6.07) is 13.5. The molecule has 0 unspecified atom stereocenters. The van der Waals surface area contributed by atoms with E-state index in [0.717, 1.165) is 5.56 Å². The highest BCUT2D eigenvalue weighted by atomic mass is 19.1. The molecule has 0 aliphatic heterocycles. The number of hydrogen-bond donors (Lipinski definition) is 2. The van der Waals surface area contributed by atoms with Crippen molar-refractivity contribution in [1.29, 1.82) is 0 Å². The molecular formula is C23H22FN3O3. The van der Waals surface area contributed by atoms with Crippen LogP contribution in [0.25, 0.3) is 27.8 Å². The van der Waals surface area contributed by atoms with Crippen molar-refractivity contribution in [1.82, 2.24) is 14.5 Å². The Bertz CT molecular complexity index is 1240. The van der Waals surface area contributed by atoms with Gasteiger partial charge in [-0.25, -0.2) is 9.37 Å². The molecule has 0 amide bonds. The summed E-state index contributed by atoms with van der Waals surface area (Å²) in [6.07, 6.45) is 3.63. The lowest BCUT2D eigenvalue weighted by atomic mass is 10.1. The van der Waals surface area contributed by atoms with Crippen LogP contribution in [0.3, 0.4) is 0 Å². The summed E-state index contributed by atoms with van der Waals surface area (Å²) >= 11 is 0. The highest BCUT2D eigenvalue weighted by Gasteiger charge is 2.16. The molecule has 0 saturated heterocycles. The first-order chi connectivity index (χ1) is 14.3. The molecule has 0 spiro atoms. The Kier molecular flexibility index (Phi) is 5.13. The highest BCUT2D eigenvalue weighted by molar-refractivity contribution is 5.94. The van der Waals surface area contributed by atoms with Gasteiger partial charge in [0.1, 0.15) is 11.6 Å². The summed E-state index contributed by atoms with van der Waals surface area (Å²) in [7, 11) is 0. The van der Waals surface area contributed by atoms with Crippen LogP contribution in [0.4, 0.5) is 4.39 Å². The van der Waals surface area contributed by atoms with E-state index in [2.05, 4.69) is 9.97 Å². The van der Waals surface area contributed by atoms with Crippen molar-refractivity contribution >= 4 is 11.0 Å². The Morgan fingerprint density at radius 1 is 1.20 bits per heavy atom. The van der Waals surface area contributed by atoms with Crippen molar-refractivity contribution in [3.63, 3.8) is 0 Å². The Labute approximate surface area is 172 Å². The van der Waals surface area contributed by atoms with Gasteiger partial charge >= 0.3 is 0 Å². The first-order valence-corrected chi connectivity index (χ1v) is 9.62. The predicted molar refractivity (Wildman–Crippen MR) is 113 cm³/mol. The van der Waals surface area contributed by atoms with Gasteiger partial charge in [0.05, 0.1) is 23.9 Å². The summed E-state index contributed by atoms with van der Waals surface area (Å²) in [5.41, 5.74) is 1.47. The summed E-state index contributed by atoms with van der Waals surface area (Å²) in [6.45, 7) is 3.87. The molecule has 2 heterocycles. The maximum atomic E-state index is 13.8. The number of hydrogen-bond acceptors (Lipinski definition) is 4. The third kappa shape index (κ3) is 4.11. The molecule has 0 atom stereocenters. The largest absolute Gasteiger partial charge is 0.493 e. The van der Waals surface area contributed by atoms with E-state index in [1.807, 2.05) is 24.3 Å². The quantitative estimate of drug-likeness (QED) is 0.505. The monoisotopic (exact) mass is 407 g/mol. The van der Waals surface area contributed by atoms with Crippen LogP contribution < -0.4 is 10.3 Å². The van der Waals surface area contributed by atoms with Gasteiger partial charge < -0.3 is 19.4 Å². The summed E-state index contributed by atoms with van der Waals surface area (Å²) in [5, 5.41) is 10.2. The molecule has 30 heavy (non-hydrogen) atoms. The standard InChI is InChI=1S/C23H22FN3O3/c1-23(2,29)10-11-30-18-8-6-15(7-9-18)19-13-27(17-5-3-4-16(24)12-17)21-20(19)22(28)26-14-25-21/h3-9,12-14,29H,10-11H2,1-2H3,(H,25,26,28). The van der Waals surface area contributed by atoms with Crippen LogP contribution >= 0.6 is 0 Å². The maximum absolute atomic E-state index is 13.8. The second kappa shape index (κ2) is 7.76. The molecule has 0 radical (unpaired) electrons. The maximum Gasteiger partial charge on any atom is 0.260 e. The first-order valence-electron chi connectivity index (χ1n) is 9.62. The normalized spacial score (nSPS) is 11.7. The van der Waals surface area contributed by atoms with E-state index in [4.69, 9.17) is 4.74 Å². The van der Waals surface area contributed by atoms with Crippen molar-refractivity contribution in [3.05, 3.63) is 77.2 Å². The van der Waals surface area contributed by atoms with Crippen molar-refractivity contribution in [3.8, 4) is 22.6 Å². The topological polar surface area (TPSA) is 80.1 Å². The van der Waals surface area contributed by atoms with Gasteiger partial charge in [-0.2, -0.15) is 0 Å². The molecule has 154 valence electrons. The fourth-order valence-electron chi connectivity index (χ4n) is 3.26. The molecule has 0 aliphatic rings. The molecule has 2 N–H and O–H groups in total. The molecule has 0 fully saturated rings. The second-order valence-electron chi connectivity index (χ2n) is 7.76. The SMILES string of the molecule is CC(C)(O)CCOc1ccc(-c2cn(-c3cccc(F)c3)c3nc[nH]c(=O)c23)cc1. The first kappa shape index (κ1) is 19.8. The summed E-state index contributed by atoms with van der Waals surface area (Å²) < 4.78 is 21.1. The molecular weight excluding hydrogens is 385 g/mol. The molecule has 6 nitrogen and oxygen atoms in total. The van der Waals surface area contributed by atoms with Crippen LogP contribution in [-0.4, -0.2) is 31.8 Å². The smallest absolute Gasteiger partial charge is 0.260 e. The van der Waals surface area contributed by atoms with Crippen molar-refractivity contribution in [2.24, 2.45) is 0 Å². The van der Waals surface area contributed by atoms with Gasteiger partial charge in [-0.1, -0.05) is 18.2 Å². The van der Waals surface area contributed by atoms with Gasteiger partial charge in [0.15, 0.2) is 5.65 Å².